The number of amides is 1. The lowest BCUT2D eigenvalue weighted by Crippen LogP contribution is -2.13. The van der Waals surface area contributed by atoms with Crippen molar-refractivity contribution in [2.24, 2.45) is 0 Å². The predicted molar refractivity (Wildman–Crippen MR) is 121 cm³/mol. The van der Waals surface area contributed by atoms with Crippen LogP contribution in [0.4, 0.5) is 5.69 Å². The van der Waals surface area contributed by atoms with E-state index in [4.69, 9.17) is 4.42 Å². The fourth-order valence-corrected chi connectivity index (χ4v) is 3.86. The number of aromatic nitrogens is 2. The molecule has 1 N–H and O–H groups in total. The SMILES string of the molecule is O=C(CSc1nnc(-c2ccc3ccccc3c2)o1)Nc1ccc2ccccc2c1. The van der Waals surface area contributed by atoms with Crippen molar-refractivity contribution in [3.8, 4) is 11.5 Å². The number of nitrogens with zero attached hydrogens (tertiary/aromatic N) is 2. The fourth-order valence-electron chi connectivity index (χ4n) is 3.30. The van der Waals surface area contributed by atoms with Crippen molar-refractivity contribution < 1.29 is 9.21 Å². The van der Waals surface area contributed by atoms with E-state index >= 15 is 0 Å². The van der Waals surface area contributed by atoms with Gasteiger partial charge < -0.3 is 9.73 Å². The van der Waals surface area contributed by atoms with Gasteiger partial charge in [-0.1, -0.05) is 72.4 Å². The molecule has 6 heteroatoms. The summed E-state index contributed by atoms with van der Waals surface area (Å²) in [6, 6.07) is 28.0. The molecule has 0 aliphatic heterocycles. The van der Waals surface area contributed by atoms with Crippen LogP contribution in [0.15, 0.2) is 94.6 Å². The Morgan fingerprint density at radius 3 is 2.23 bits per heavy atom. The minimum absolute atomic E-state index is 0.124. The van der Waals surface area contributed by atoms with Gasteiger partial charge in [-0.3, -0.25) is 4.79 Å². The van der Waals surface area contributed by atoms with E-state index in [1.165, 1.54) is 11.8 Å². The summed E-state index contributed by atoms with van der Waals surface area (Å²) in [6.45, 7) is 0. The molecule has 30 heavy (non-hydrogen) atoms. The van der Waals surface area contributed by atoms with Crippen molar-refractivity contribution in [1.29, 1.82) is 0 Å². The van der Waals surface area contributed by atoms with Crippen LogP contribution < -0.4 is 5.32 Å². The van der Waals surface area contributed by atoms with E-state index in [1.54, 1.807) is 0 Å². The Morgan fingerprint density at radius 2 is 1.47 bits per heavy atom. The molecule has 0 saturated heterocycles. The van der Waals surface area contributed by atoms with E-state index in [0.717, 1.165) is 32.8 Å². The number of benzene rings is 4. The van der Waals surface area contributed by atoms with E-state index in [9.17, 15) is 4.79 Å². The topological polar surface area (TPSA) is 68.0 Å². The summed E-state index contributed by atoms with van der Waals surface area (Å²) in [5.74, 6) is 0.505. The second-order valence-electron chi connectivity index (χ2n) is 6.83. The van der Waals surface area contributed by atoms with Gasteiger partial charge in [0.05, 0.1) is 5.75 Å². The van der Waals surface area contributed by atoms with E-state index in [1.807, 2.05) is 78.9 Å². The number of hydrogen-bond donors (Lipinski definition) is 1. The third-order valence-corrected chi connectivity index (χ3v) is 5.58. The molecule has 0 saturated carbocycles. The third kappa shape index (κ3) is 3.90. The number of carbonyl (C=O) groups is 1. The summed E-state index contributed by atoms with van der Waals surface area (Å²) in [5, 5.41) is 15.9. The van der Waals surface area contributed by atoms with Crippen molar-refractivity contribution in [3.05, 3.63) is 84.9 Å². The van der Waals surface area contributed by atoms with E-state index < -0.39 is 0 Å². The zero-order chi connectivity index (χ0) is 20.3. The smallest absolute Gasteiger partial charge is 0.277 e. The van der Waals surface area contributed by atoms with E-state index in [-0.39, 0.29) is 11.7 Å². The standard InChI is InChI=1S/C24H17N3O2S/c28-22(25-21-12-11-17-6-2-4-8-19(17)14-21)15-30-24-27-26-23(29-24)20-10-9-16-5-1-3-7-18(16)13-20/h1-14H,15H2,(H,25,28). The Morgan fingerprint density at radius 1 is 0.800 bits per heavy atom. The van der Waals surface area contributed by atoms with Gasteiger partial charge in [0.2, 0.25) is 11.8 Å². The zero-order valence-electron chi connectivity index (χ0n) is 15.9. The van der Waals surface area contributed by atoms with Gasteiger partial charge in [0.25, 0.3) is 5.22 Å². The molecule has 0 bridgehead atoms. The van der Waals surface area contributed by atoms with Crippen LogP contribution in [-0.4, -0.2) is 21.9 Å². The number of carbonyl (C=O) groups excluding carboxylic acids is 1. The summed E-state index contributed by atoms with van der Waals surface area (Å²) < 4.78 is 5.74. The van der Waals surface area contributed by atoms with Gasteiger partial charge in [0.1, 0.15) is 0 Å². The lowest BCUT2D eigenvalue weighted by molar-refractivity contribution is -0.113. The highest BCUT2D eigenvalue weighted by Gasteiger charge is 2.12. The summed E-state index contributed by atoms with van der Waals surface area (Å²) >= 11 is 1.22. The van der Waals surface area contributed by atoms with Crippen LogP contribution in [0.1, 0.15) is 0 Å². The molecule has 1 amide bonds. The highest BCUT2D eigenvalue weighted by molar-refractivity contribution is 7.99. The van der Waals surface area contributed by atoms with Crippen LogP contribution in [0.3, 0.4) is 0 Å². The summed E-state index contributed by atoms with van der Waals surface area (Å²) in [4.78, 5) is 12.3. The van der Waals surface area contributed by atoms with Crippen LogP contribution in [0.5, 0.6) is 0 Å². The molecule has 0 unspecified atom stereocenters. The molecule has 1 aromatic heterocycles. The number of thioether (sulfide) groups is 1. The molecule has 0 fully saturated rings. The molecule has 146 valence electrons. The Balaban J connectivity index is 1.24. The molecule has 0 aliphatic carbocycles. The first-order valence-electron chi connectivity index (χ1n) is 9.49. The second-order valence-corrected chi connectivity index (χ2v) is 7.76. The number of rotatable bonds is 5. The molecule has 0 spiro atoms. The minimum Gasteiger partial charge on any atom is -0.411 e. The molecular formula is C24H17N3O2S. The predicted octanol–water partition coefficient (Wildman–Crippen LogP) is 5.77. The number of hydrogen-bond acceptors (Lipinski definition) is 5. The fraction of sp³-hybridized carbons (Fsp3) is 0.0417. The Bertz CT molecular complexity index is 1360. The van der Waals surface area contributed by atoms with Gasteiger partial charge in [-0.05, 0) is 45.8 Å². The quantitative estimate of drug-likeness (QED) is 0.372. The van der Waals surface area contributed by atoms with E-state index in [2.05, 4.69) is 21.6 Å². The third-order valence-electron chi connectivity index (χ3n) is 4.76. The number of anilines is 1. The van der Waals surface area contributed by atoms with Crippen LogP contribution in [0.25, 0.3) is 33.0 Å². The molecule has 4 aromatic carbocycles. The van der Waals surface area contributed by atoms with Crippen molar-refractivity contribution in [2.45, 2.75) is 5.22 Å². The summed E-state index contributed by atoms with van der Waals surface area (Å²) in [7, 11) is 0. The molecule has 1 heterocycles. The van der Waals surface area contributed by atoms with Crippen molar-refractivity contribution >= 4 is 44.9 Å². The molecule has 5 nitrogen and oxygen atoms in total. The van der Waals surface area contributed by atoms with Gasteiger partial charge in [0.15, 0.2) is 0 Å². The minimum atomic E-state index is -0.124. The average Bonchev–Trinajstić information content (AvgIpc) is 3.26. The van der Waals surface area contributed by atoms with Gasteiger partial charge in [0, 0.05) is 11.3 Å². The van der Waals surface area contributed by atoms with Crippen molar-refractivity contribution in [1.82, 2.24) is 10.2 Å². The van der Waals surface area contributed by atoms with Crippen LogP contribution in [0, 0.1) is 0 Å². The maximum absolute atomic E-state index is 12.3. The lowest BCUT2D eigenvalue weighted by Gasteiger charge is -2.05. The first-order chi connectivity index (χ1) is 14.7. The Labute approximate surface area is 177 Å². The van der Waals surface area contributed by atoms with Crippen molar-refractivity contribution in [3.63, 3.8) is 0 Å². The largest absolute Gasteiger partial charge is 0.411 e. The number of nitrogens with one attached hydrogen (secondary N) is 1. The molecule has 0 radical (unpaired) electrons. The van der Waals surface area contributed by atoms with Gasteiger partial charge in [-0.2, -0.15) is 0 Å². The normalized spacial score (nSPS) is 11.1. The summed E-state index contributed by atoms with van der Waals surface area (Å²) in [6.07, 6.45) is 0. The van der Waals surface area contributed by atoms with E-state index in [0.29, 0.717) is 11.1 Å². The highest BCUT2D eigenvalue weighted by atomic mass is 32.2. The Hall–Kier alpha value is -3.64. The molecule has 0 atom stereocenters. The maximum atomic E-state index is 12.3. The monoisotopic (exact) mass is 411 g/mol. The average molecular weight is 411 g/mol. The van der Waals surface area contributed by atoms with Gasteiger partial charge >= 0.3 is 0 Å². The maximum Gasteiger partial charge on any atom is 0.277 e. The first kappa shape index (κ1) is 18.4. The van der Waals surface area contributed by atoms with Crippen LogP contribution in [-0.2, 0) is 4.79 Å². The van der Waals surface area contributed by atoms with Crippen LogP contribution in [0.2, 0.25) is 0 Å². The lowest BCUT2D eigenvalue weighted by atomic mass is 10.1. The van der Waals surface area contributed by atoms with Gasteiger partial charge in [-0.25, -0.2) is 0 Å². The first-order valence-corrected chi connectivity index (χ1v) is 10.5. The summed E-state index contributed by atoms with van der Waals surface area (Å²) in [5.41, 5.74) is 1.62. The Kier molecular flexibility index (Phi) is 4.91. The van der Waals surface area contributed by atoms with Crippen LogP contribution >= 0.6 is 11.8 Å². The van der Waals surface area contributed by atoms with Crippen molar-refractivity contribution in [2.75, 3.05) is 11.1 Å². The molecule has 5 aromatic rings. The second kappa shape index (κ2) is 8.00. The molecule has 5 rings (SSSR count). The molecular weight excluding hydrogens is 394 g/mol. The van der Waals surface area contributed by atoms with Gasteiger partial charge in [-0.15, -0.1) is 10.2 Å². The number of fused-ring (bicyclic) bond motifs is 2. The molecule has 0 aliphatic rings. The highest BCUT2D eigenvalue weighted by Crippen LogP contribution is 2.26. The zero-order valence-corrected chi connectivity index (χ0v) is 16.7.